The van der Waals surface area contributed by atoms with Gasteiger partial charge in [0.25, 0.3) is 15.6 Å². The van der Waals surface area contributed by atoms with Crippen LogP contribution in [0.1, 0.15) is 20.8 Å². The van der Waals surface area contributed by atoms with Crippen LogP contribution in [0.25, 0.3) is 22.0 Å². The molecule has 1 N–H and O–H groups in total. The first kappa shape index (κ1) is 29.9. The number of amides is 1. The fourth-order valence-corrected chi connectivity index (χ4v) is 6.01. The van der Waals surface area contributed by atoms with Crippen LogP contribution in [0.3, 0.4) is 0 Å². The fourth-order valence-electron chi connectivity index (χ4n) is 4.43. The van der Waals surface area contributed by atoms with E-state index in [1.54, 1.807) is 30.0 Å². The highest BCUT2D eigenvalue weighted by molar-refractivity contribution is 7.92. The van der Waals surface area contributed by atoms with Gasteiger partial charge in [-0.1, -0.05) is 24.6 Å². The van der Waals surface area contributed by atoms with Gasteiger partial charge in [-0.05, 0) is 55.8 Å². The molecule has 2 aromatic heterocycles. The Balaban J connectivity index is 1.70. The second-order valence-corrected chi connectivity index (χ2v) is 11.4. The molecule has 2 heterocycles. The number of anilines is 1. The topological polar surface area (TPSA) is 123 Å². The molecule has 4 aromatic rings. The lowest BCUT2D eigenvalue weighted by Crippen LogP contribution is -2.37. The van der Waals surface area contributed by atoms with Gasteiger partial charge in [-0.25, -0.2) is 22.8 Å². The number of hydrogen-bond acceptors (Lipinski definition) is 7. The van der Waals surface area contributed by atoms with Crippen molar-refractivity contribution >= 4 is 44.1 Å². The van der Waals surface area contributed by atoms with E-state index >= 15 is 0 Å². The number of halogens is 2. The van der Waals surface area contributed by atoms with Gasteiger partial charge in [0.15, 0.2) is 0 Å². The van der Waals surface area contributed by atoms with E-state index in [1.165, 1.54) is 30.3 Å². The van der Waals surface area contributed by atoms with Crippen molar-refractivity contribution in [1.29, 1.82) is 0 Å². The summed E-state index contributed by atoms with van der Waals surface area (Å²) in [7, 11) is -2.90. The van der Waals surface area contributed by atoms with Crippen molar-refractivity contribution in [3.63, 3.8) is 0 Å². The predicted octanol–water partition coefficient (Wildman–Crippen LogP) is 4.56. The van der Waals surface area contributed by atoms with Crippen LogP contribution in [0.5, 0.6) is 5.88 Å². The first-order valence-electron chi connectivity index (χ1n) is 12.8. The van der Waals surface area contributed by atoms with Crippen molar-refractivity contribution in [2.45, 2.75) is 32.2 Å². The molecule has 0 aliphatic carbocycles. The van der Waals surface area contributed by atoms with E-state index in [0.29, 0.717) is 35.1 Å². The zero-order valence-electron chi connectivity index (χ0n) is 22.9. The molecule has 0 bridgehead atoms. The Morgan fingerprint density at radius 2 is 1.85 bits per heavy atom. The van der Waals surface area contributed by atoms with E-state index in [2.05, 4.69) is 14.7 Å². The number of hydrogen-bond donors (Lipinski definition) is 1. The third-order valence-corrected chi connectivity index (χ3v) is 8.45. The maximum atomic E-state index is 13.5. The largest absolute Gasteiger partial charge is 0.480 e. The Bertz CT molecular complexity index is 1780. The molecule has 0 aliphatic rings. The molecular formula is C28H29ClFN5O5S. The van der Waals surface area contributed by atoms with Crippen molar-refractivity contribution in [1.82, 2.24) is 19.4 Å². The highest BCUT2D eigenvalue weighted by Gasteiger charge is 2.22. The highest BCUT2D eigenvalue weighted by Crippen LogP contribution is 2.32. The minimum atomic E-state index is -4.23. The van der Waals surface area contributed by atoms with E-state index < -0.39 is 21.8 Å². The summed E-state index contributed by atoms with van der Waals surface area (Å²) in [6.07, 6.45) is 2.90. The molecule has 10 nitrogen and oxygen atoms in total. The zero-order valence-corrected chi connectivity index (χ0v) is 24.5. The molecule has 0 fully saturated rings. The number of aromatic nitrogens is 3. The molecule has 2 aromatic carbocycles. The number of rotatable bonds is 10. The number of methoxy groups -OCH3 is 1. The van der Waals surface area contributed by atoms with Crippen molar-refractivity contribution in [3.05, 3.63) is 76.2 Å². The maximum absolute atomic E-state index is 13.5. The molecule has 13 heteroatoms. The van der Waals surface area contributed by atoms with Crippen LogP contribution in [0.4, 0.5) is 10.1 Å². The van der Waals surface area contributed by atoms with Crippen molar-refractivity contribution < 1.29 is 22.3 Å². The number of benzene rings is 2. The normalized spacial score (nSPS) is 12.2. The van der Waals surface area contributed by atoms with Gasteiger partial charge in [-0.3, -0.25) is 18.9 Å². The van der Waals surface area contributed by atoms with Crippen LogP contribution >= 0.6 is 11.6 Å². The second-order valence-electron chi connectivity index (χ2n) is 9.31. The van der Waals surface area contributed by atoms with Gasteiger partial charge < -0.3 is 9.64 Å². The van der Waals surface area contributed by atoms with Crippen LogP contribution in [-0.2, 0) is 21.4 Å². The summed E-state index contributed by atoms with van der Waals surface area (Å²) in [6.45, 7) is 6.92. The smallest absolute Gasteiger partial charge is 0.263 e. The molecule has 1 amide bonds. The Morgan fingerprint density at radius 1 is 1.12 bits per heavy atom. The number of nitrogens with zero attached hydrogens (tertiary/aromatic N) is 4. The number of fused-ring (bicyclic) bond motifs is 1. The molecule has 4 rings (SSSR count). The first-order valence-corrected chi connectivity index (χ1v) is 14.6. The van der Waals surface area contributed by atoms with Gasteiger partial charge in [-0.15, -0.1) is 0 Å². The Labute approximate surface area is 241 Å². The van der Waals surface area contributed by atoms with Gasteiger partial charge in [0, 0.05) is 31.4 Å². The molecule has 0 saturated carbocycles. The van der Waals surface area contributed by atoms with Gasteiger partial charge in [0.2, 0.25) is 11.8 Å². The highest BCUT2D eigenvalue weighted by atomic mass is 35.5. The second kappa shape index (κ2) is 12.2. The van der Waals surface area contributed by atoms with E-state index in [-0.39, 0.29) is 39.5 Å². The van der Waals surface area contributed by atoms with Crippen LogP contribution in [0, 0.1) is 11.7 Å². The predicted molar refractivity (Wildman–Crippen MR) is 155 cm³/mol. The van der Waals surface area contributed by atoms with E-state index in [0.717, 1.165) is 18.2 Å². The number of carbonyl (C=O) groups is 1. The summed E-state index contributed by atoms with van der Waals surface area (Å²) < 4.78 is 48.6. The number of carbonyl (C=O) groups excluding carboxylic acids is 1. The summed E-state index contributed by atoms with van der Waals surface area (Å²) in [5.74, 6) is -1.15. The van der Waals surface area contributed by atoms with Crippen molar-refractivity contribution in [2.24, 2.45) is 5.92 Å². The molecule has 41 heavy (non-hydrogen) atoms. The third kappa shape index (κ3) is 6.33. The Hall–Kier alpha value is -4.03. The third-order valence-electron chi connectivity index (χ3n) is 6.60. The minimum absolute atomic E-state index is 0.00720. The van der Waals surface area contributed by atoms with Gasteiger partial charge in [0.1, 0.15) is 16.4 Å². The molecule has 0 unspecified atom stereocenters. The lowest BCUT2D eigenvalue weighted by Gasteiger charge is -2.23. The summed E-state index contributed by atoms with van der Waals surface area (Å²) >= 11 is 5.98. The number of sulfonamides is 1. The van der Waals surface area contributed by atoms with Crippen molar-refractivity contribution in [2.75, 3.05) is 24.9 Å². The Kier molecular flexibility index (Phi) is 8.93. The van der Waals surface area contributed by atoms with Crippen LogP contribution in [-0.4, -0.2) is 54.0 Å². The lowest BCUT2D eigenvalue weighted by atomic mass is 10.0. The average molecular weight is 602 g/mol. The summed E-state index contributed by atoms with van der Waals surface area (Å²) in [4.78, 5) is 36.1. The van der Waals surface area contributed by atoms with E-state index in [4.69, 9.17) is 16.3 Å². The molecule has 0 saturated heterocycles. The molecule has 1 atom stereocenters. The standard InChI is InChI=1S/C28H29ClFN5O5S/c1-5-34(6-2)27(36)17(3)15-35-16-32-23-9-7-18(11-21(23)28(35)37)19-12-24(26(40-4)31-14-19)33-41(38,39)25-10-8-20(30)13-22(25)29/h7-14,16-17,33H,5-6,15H2,1-4H3/t17-/m1/s1. The van der Waals surface area contributed by atoms with Crippen LogP contribution < -0.4 is 15.0 Å². The maximum Gasteiger partial charge on any atom is 0.263 e. The van der Waals surface area contributed by atoms with Gasteiger partial charge in [0.05, 0.1) is 35.3 Å². The molecule has 0 spiro atoms. The zero-order chi connectivity index (χ0) is 29.9. The number of pyridine rings is 1. The molecule has 0 aliphatic heterocycles. The average Bonchev–Trinajstić information content (AvgIpc) is 2.94. The fraction of sp³-hybridized carbons (Fsp3) is 0.286. The van der Waals surface area contributed by atoms with Gasteiger partial charge >= 0.3 is 0 Å². The summed E-state index contributed by atoms with van der Waals surface area (Å²) in [6, 6.07) is 9.48. The SMILES string of the molecule is CCN(CC)C(=O)[C@H](C)Cn1cnc2ccc(-c3cnc(OC)c(NS(=O)(=O)c4ccc(F)cc4Cl)c3)cc2c1=O. The lowest BCUT2D eigenvalue weighted by molar-refractivity contribution is -0.135. The minimum Gasteiger partial charge on any atom is -0.480 e. The molecule has 0 radical (unpaired) electrons. The van der Waals surface area contributed by atoms with Crippen LogP contribution in [0.2, 0.25) is 5.02 Å². The van der Waals surface area contributed by atoms with Crippen molar-refractivity contribution in [3.8, 4) is 17.0 Å². The van der Waals surface area contributed by atoms with E-state index in [9.17, 15) is 22.4 Å². The number of ether oxygens (including phenoxy) is 1. The summed E-state index contributed by atoms with van der Waals surface area (Å²) in [5, 5.41) is 0.0375. The first-order chi connectivity index (χ1) is 19.5. The summed E-state index contributed by atoms with van der Waals surface area (Å²) in [5.41, 5.74) is 1.21. The van der Waals surface area contributed by atoms with Crippen LogP contribution in [0.15, 0.2) is 64.7 Å². The molecular weight excluding hydrogens is 573 g/mol. The Morgan fingerprint density at radius 3 is 2.51 bits per heavy atom. The number of nitrogens with one attached hydrogen (secondary N) is 1. The van der Waals surface area contributed by atoms with Gasteiger partial charge in [-0.2, -0.15) is 0 Å². The molecule has 216 valence electrons. The quantitative estimate of drug-likeness (QED) is 0.282. The monoisotopic (exact) mass is 601 g/mol. The van der Waals surface area contributed by atoms with E-state index in [1.807, 2.05) is 13.8 Å².